The molecule has 0 spiro atoms. The number of nitrogens with zero attached hydrogens (tertiary/aromatic N) is 2. The van der Waals surface area contributed by atoms with Crippen molar-refractivity contribution in [3.63, 3.8) is 0 Å². The number of rotatable bonds is 4. The summed E-state index contributed by atoms with van der Waals surface area (Å²) in [4.78, 5) is 26.6. The number of Topliss-reactive ketones (excluding diaryl/α,β-unsaturated/α-hetero) is 1. The molecule has 0 saturated carbocycles. The zero-order chi connectivity index (χ0) is 24.0. The van der Waals surface area contributed by atoms with Gasteiger partial charge in [0.2, 0.25) is 0 Å². The van der Waals surface area contributed by atoms with E-state index in [9.17, 15) is 27.9 Å². The minimum absolute atomic E-state index is 0.0531. The summed E-state index contributed by atoms with van der Waals surface area (Å²) in [5, 5.41) is 15.2. The molecule has 2 aromatic rings. The van der Waals surface area contributed by atoms with Gasteiger partial charge in [0.05, 0.1) is 5.69 Å². The van der Waals surface area contributed by atoms with Crippen LogP contribution in [-0.2, 0) is 9.59 Å². The van der Waals surface area contributed by atoms with Crippen molar-refractivity contribution < 1.29 is 27.9 Å². The number of anilines is 1. The molecular formula is C25H23F3N2O3. The maximum Gasteiger partial charge on any atom is 0.432 e. The van der Waals surface area contributed by atoms with E-state index in [0.29, 0.717) is 5.56 Å². The van der Waals surface area contributed by atoms with Gasteiger partial charge >= 0.3 is 6.18 Å². The molecule has 0 bridgehead atoms. The maximum absolute atomic E-state index is 14.2. The van der Waals surface area contributed by atoms with Crippen molar-refractivity contribution in [1.82, 2.24) is 0 Å². The van der Waals surface area contributed by atoms with Crippen LogP contribution in [0.15, 0.2) is 77.1 Å². The molecule has 5 nitrogen and oxygen atoms in total. The van der Waals surface area contributed by atoms with Gasteiger partial charge in [0.15, 0.2) is 11.5 Å². The van der Waals surface area contributed by atoms with Crippen LogP contribution in [0.3, 0.4) is 0 Å². The fraction of sp³-hybridized carbons (Fsp3) is 0.320. The Kier molecular flexibility index (Phi) is 5.64. The molecule has 1 N–H and O–H groups in total. The van der Waals surface area contributed by atoms with Crippen LogP contribution in [0.5, 0.6) is 0 Å². The van der Waals surface area contributed by atoms with E-state index in [1.165, 1.54) is 12.1 Å². The molecule has 1 aliphatic heterocycles. The number of carbonyl (C=O) groups excluding carboxylic acids is 2. The van der Waals surface area contributed by atoms with Crippen LogP contribution in [-0.4, -0.2) is 28.7 Å². The van der Waals surface area contributed by atoms with Crippen molar-refractivity contribution >= 4 is 23.1 Å². The molecule has 2 atom stereocenters. The number of benzene rings is 2. The Bertz CT molecular complexity index is 1140. The highest BCUT2D eigenvalue weighted by Crippen LogP contribution is 2.47. The van der Waals surface area contributed by atoms with Gasteiger partial charge in [-0.3, -0.25) is 9.59 Å². The molecule has 0 aromatic heterocycles. The van der Waals surface area contributed by atoms with Gasteiger partial charge in [0.1, 0.15) is 11.7 Å². The predicted octanol–water partition coefficient (Wildman–Crippen LogP) is 5.55. The van der Waals surface area contributed by atoms with E-state index in [1.807, 2.05) is 0 Å². The lowest BCUT2D eigenvalue weighted by molar-refractivity contribution is -0.121. The monoisotopic (exact) mass is 456 g/mol. The number of allylic oxidation sites excluding steroid dienone is 2. The van der Waals surface area contributed by atoms with Gasteiger partial charge < -0.3 is 5.11 Å². The van der Waals surface area contributed by atoms with Gasteiger partial charge in [-0.1, -0.05) is 62.4 Å². The topological polar surface area (TPSA) is 70.0 Å². The van der Waals surface area contributed by atoms with Gasteiger partial charge in [0.25, 0.3) is 5.91 Å². The largest absolute Gasteiger partial charge is 0.512 e. The first kappa shape index (κ1) is 22.8. The quantitative estimate of drug-likeness (QED) is 0.656. The van der Waals surface area contributed by atoms with Gasteiger partial charge in [-0.15, -0.1) is 0 Å². The highest BCUT2D eigenvalue weighted by Gasteiger charge is 2.55. The Balaban J connectivity index is 1.91. The van der Waals surface area contributed by atoms with Crippen LogP contribution in [0.25, 0.3) is 0 Å². The second kappa shape index (κ2) is 8.17. The van der Waals surface area contributed by atoms with E-state index in [-0.39, 0.29) is 29.9 Å². The summed E-state index contributed by atoms with van der Waals surface area (Å²) < 4.78 is 42.5. The Morgan fingerprint density at radius 1 is 1.00 bits per heavy atom. The van der Waals surface area contributed by atoms with Gasteiger partial charge in [0, 0.05) is 24.3 Å². The molecule has 172 valence electrons. The van der Waals surface area contributed by atoms with Gasteiger partial charge in [-0.05, 0) is 23.1 Å². The fourth-order valence-electron chi connectivity index (χ4n) is 4.60. The van der Waals surface area contributed by atoms with E-state index >= 15 is 0 Å². The number of hydrogen-bond donors (Lipinski definition) is 1. The molecule has 1 aliphatic carbocycles. The summed E-state index contributed by atoms with van der Waals surface area (Å²) in [5.41, 5.74) is -1.46. The normalized spacial score (nSPS) is 21.9. The minimum Gasteiger partial charge on any atom is -0.512 e. The average Bonchev–Trinajstić information content (AvgIpc) is 3.08. The molecule has 0 fully saturated rings. The van der Waals surface area contributed by atoms with Crippen LogP contribution < -0.4 is 5.01 Å². The van der Waals surface area contributed by atoms with Crippen LogP contribution in [0, 0.1) is 11.3 Å². The van der Waals surface area contributed by atoms with Gasteiger partial charge in [-0.25, -0.2) is 0 Å². The summed E-state index contributed by atoms with van der Waals surface area (Å²) >= 11 is 0. The highest BCUT2D eigenvalue weighted by atomic mass is 19.4. The first-order chi connectivity index (χ1) is 15.5. The van der Waals surface area contributed by atoms with Crippen LogP contribution in [0.1, 0.15) is 38.2 Å². The third-order valence-corrected chi connectivity index (χ3v) is 5.97. The zero-order valence-corrected chi connectivity index (χ0v) is 18.1. The molecule has 0 saturated heterocycles. The fourth-order valence-corrected chi connectivity index (χ4v) is 4.60. The summed E-state index contributed by atoms with van der Waals surface area (Å²) in [6, 6.07) is 15.9. The Hall–Kier alpha value is -3.42. The summed E-state index contributed by atoms with van der Waals surface area (Å²) in [5.74, 6) is -4.78. The molecule has 2 aliphatic rings. The van der Waals surface area contributed by atoms with Crippen molar-refractivity contribution in [2.24, 2.45) is 16.4 Å². The van der Waals surface area contributed by atoms with Crippen molar-refractivity contribution in [2.45, 2.75) is 38.8 Å². The number of amides is 1. The van der Waals surface area contributed by atoms with Crippen molar-refractivity contribution in [2.75, 3.05) is 5.01 Å². The van der Waals surface area contributed by atoms with E-state index < -0.39 is 40.8 Å². The third-order valence-electron chi connectivity index (χ3n) is 5.97. The van der Waals surface area contributed by atoms with Crippen molar-refractivity contribution in [3.8, 4) is 0 Å². The Morgan fingerprint density at radius 2 is 1.58 bits per heavy atom. The molecule has 1 amide bonds. The lowest BCUT2D eigenvalue weighted by atomic mass is 9.68. The SMILES string of the molecule is CC1(C)CC(=O)C(C(c2ccccc2)C2C(=O)N(c3ccccc3)N=C2C(F)(F)F)=C(O)C1. The molecular weight excluding hydrogens is 433 g/mol. The summed E-state index contributed by atoms with van der Waals surface area (Å²) in [6.07, 6.45) is -4.74. The molecule has 0 radical (unpaired) electrons. The first-order valence-electron chi connectivity index (χ1n) is 10.5. The second-order valence-electron chi connectivity index (χ2n) is 9.14. The number of para-hydroxylation sites is 1. The molecule has 8 heteroatoms. The standard InChI is InChI=1S/C25H23F3N2O3/c1-24(2)13-17(31)20(18(32)14-24)19(15-9-5-3-6-10-15)21-22(25(26,27)28)29-30(23(21)33)16-11-7-4-8-12-16/h3-12,19,21,31H,13-14H2,1-2H3. The van der Waals surface area contributed by atoms with Crippen LogP contribution in [0.4, 0.5) is 18.9 Å². The van der Waals surface area contributed by atoms with E-state index in [2.05, 4.69) is 5.10 Å². The average molecular weight is 456 g/mol. The van der Waals surface area contributed by atoms with Gasteiger partial charge in [-0.2, -0.15) is 23.3 Å². The lowest BCUT2D eigenvalue weighted by Crippen LogP contribution is -2.40. The first-order valence-corrected chi connectivity index (χ1v) is 10.5. The molecule has 2 aromatic carbocycles. The second-order valence-corrected chi connectivity index (χ2v) is 9.14. The maximum atomic E-state index is 14.2. The number of aliphatic hydroxyl groups excluding tert-OH is 1. The number of aliphatic hydroxyl groups is 1. The number of hydrazone groups is 1. The van der Waals surface area contributed by atoms with E-state index in [4.69, 9.17) is 0 Å². The Morgan fingerprint density at radius 3 is 2.12 bits per heavy atom. The molecule has 2 unspecified atom stereocenters. The van der Waals surface area contributed by atoms with Crippen LogP contribution >= 0.6 is 0 Å². The molecule has 4 rings (SSSR count). The lowest BCUT2D eigenvalue weighted by Gasteiger charge is -2.34. The number of halogens is 3. The molecule has 33 heavy (non-hydrogen) atoms. The Labute approximate surface area is 189 Å². The van der Waals surface area contributed by atoms with Crippen molar-refractivity contribution in [3.05, 3.63) is 77.6 Å². The number of carbonyl (C=O) groups is 2. The summed E-state index contributed by atoms with van der Waals surface area (Å²) in [7, 11) is 0. The zero-order valence-electron chi connectivity index (χ0n) is 18.1. The number of hydrogen-bond acceptors (Lipinski definition) is 4. The van der Waals surface area contributed by atoms with Crippen LogP contribution in [0.2, 0.25) is 0 Å². The van der Waals surface area contributed by atoms with E-state index in [0.717, 1.165) is 5.01 Å². The summed E-state index contributed by atoms with van der Waals surface area (Å²) in [6.45, 7) is 3.60. The minimum atomic E-state index is -4.91. The molecule has 1 heterocycles. The number of ketones is 1. The number of alkyl halides is 3. The highest BCUT2D eigenvalue weighted by molar-refractivity contribution is 6.19. The van der Waals surface area contributed by atoms with Crippen molar-refractivity contribution in [1.29, 1.82) is 0 Å². The smallest absolute Gasteiger partial charge is 0.432 e. The third kappa shape index (κ3) is 4.29. The predicted molar refractivity (Wildman–Crippen MR) is 118 cm³/mol. The van der Waals surface area contributed by atoms with E-state index in [1.54, 1.807) is 62.4 Å².